The first-order chi connectivity index (χ1) is 11.6. The smallest absolute Gasteiger partial charge is 0.222 e. The highest BCUT2D eigenvalue weighted by Crippen LogP contribution is 2.38. The zero-order chi connectivity index (χ0) is 16.7. The van der Waals surface area contributed by atoms with Crippen molar-refractivity contribution >= 4 is 29.2 Å². The minimum atomic E-state index is 0.0991. The third-order valence-electron chi connectivity index (χ3n) is 4.40. The fourth-order valence-electron chi connectivity index (χ4n) is 3.22. The van der Waals surface area contributed by atoms with Crippen molar-refractivity contribution in [1.29, 1.82) is 0 Å². The summed E-state index contributed by atoms with van der Waals surface area (Å²) in [5.74, 6) is 0.767. The summed E-state index contributed by atoms with van der Waals surface area (Å²) in [6.07, 6.45) is 2.44. The Balaban J connectivity index is 1.74. The molecule has 0 radical (unpaired) electrons. The molecule has 6 heteroatoms. The number of halogens is 2. The topological polar surface area (TPSA) is 42.7 Å². The van der Waals surface area contributed by atoms with E-state index in [1.807, 2.05) is 22.9 Å². The van der Waals surface area contributed by atoms with Crippen LogP contribution in [0.4, 0.5) is 5.95 Å². The van der Waals surface area contributed by atoms with Crippen LogP contribution in [0.15, 0.2) is 48.8 Å². The number of nitrogens with one attached hydrogen (secondary N) is 1. The first-order valence-electron chi connectivity index (χ1n) is 7.79. The first kappa shape index (κ1) is 15.5. The van der Waals surface area contributed by atoms with Gasteiger partial charge >= 0.3 is 0 Å². The Hall–Kier alpha value is -2.04. The monoisotopic (exact) mass is 358 g/mol. The lowest BCUT2D eigenvalue weighted by Gasteiger charge is -2.32. The largest absolute Gasteiger partial charge is 0.348 e. The zero-order valence-corrected chi connectivity index (χ0v) is 14.6. The fourth-order valence-corrected chi connectivity index (χ4v) is 3.53. The van der Waals surface area contributed by atoms with Gasteiger partial charge in [-0.15, -0.1) is 0 Å². The van der Waals surface area contributed by atoms with Gasteiger partial charge in [0.25, 0.3) is 0 Å². The second kappa shape index (κ2) is 6.11. The number of hydrogen-bond acceptors (Lipinski definition) is 3. The van der Waals surface area contributed by atoms with E-state index >= 15 is 0 Å². The lowest BCUT2D eigenvalue weighted by atomic mass is 9.93. The highest BCUT2D eigenvalue weighted by Gasteiger charge is 2.30. The lowest BCUT2D eigenvalue weighted by molar-refractivity contribution is 0.430. The zero-order valence-electron chi connectivity index (χ0n) is 13.1. The first-order valence-corrected chi connectivity index (χ1v) is 8.55. The molecule has 1 aliphatic rings. The Morgan fingerprint density at radius 3 is 2.75 bits per heavy atom. The molecule has 0 amide bonds. The van der Waals surface area contributed by atoms with Gasteiger partial charge in [0.15, 0.2) is 0 Å². The molecule has 0 unspecified atom stereocenters. The van der Waals surface area contributed by atoms with Crippen molar-refractivity contribution in [2.45, 2.75) is 25.4 Å². The molecular formula is C18H16Cl2N4. The quantitative estimate of drug-likeness (QED) is 0.697. The van der Waals surface area contributed by atoms with Gasteiger partial charge in [-0.1, -0.05) is 59.1 Å². The van der Waals surface area contributed by atoms with E-state index in [1.165, 1.54) is 11.1 Å². The number of aromatic nitrogens is 3. The van der Waals surface area contributed by atoms with Crippen molar-refractivity contribution in [2.75, 3.05) is 5.32 Å². The average Bonchev–Trinajstić information content (AvgIpc) is 3.05. The molecule has 0 bridgehead atoms. The van der Waals surface area contributed by atoms with Gasteiger partial charge in [0.1, 0.15) is 6.33 Å². The number of benzene rings is 2. The van der Waals surface area contributed by atoms with E-state index in [9.17, 15) is 0 Å². The minimum Gasteiger partial charge on any atom is -0.348 e. The van der Waals surface area contributed by atoms with Crippen molar-refractivity contribution in [3.8, 4) is 0 Å². The molecule has 1 aromatic heterocycles. The maximum Gasteiger partial charge on any atom is 0.222 e. The van der Waals surface area contributed by atoms with E-state index in [0.29, 0.717) is 10.0 Å². The minimum absolute atomic E-state index is 0.0991. The average molecular weight is 359 g/mol. The Bertz CT molecular complexity index is 890. The van der Waals surface area contributed by atoms with Gasteiger partial charge in [-0.3, -0.25) is 0 Å². The summed E-state index contributed by atoms with van der Waals surface area (Å²) in [6, 6.07) is 14.5. The van der Waals surface area contributed by atoms with E-state index in [1.54, 1.807) is 6.33 Å². The maximum atomic E-state index is 6.19. The van der Waals surface area contributed by atoms with Gasteiger partial charge in [0, 0.05) is 0 Å². The second-order valence-electron chi connectivity index (χ2n) is 6.06. The van der Waals surface area contributed by atoms with Gasteiger partial charge in [-0.25, -0.2) is 4.68 Å². The predicted molar refractivity (Wildman–Crippen MR) is 96.8 cm³/mol. The van der Waals surface area contributed by atoms with Crippen molar-refractivity contribution in [1.82, 2.24) is 14.8 Å². The van der Waals surface area contributed by atoms with Gasteiger partial charge in [0.05, 0.1) is 22.1 Å². The Morgan fingerprint density at radius 2 is 1.96 bits per heavy atom. The maximum absolute atomic E-state index is 6.19. The molecule has 2 atom stereocenters. The molecule has 24 heavy (non-hydrogen) atoms. The molecule has 4 nitrogen and oxygen atoms in total. The number of fused-ring (bicyclic) bond motifs is 1. The van der Waals surface area contributed by atoms with E-state index in [4.69, 9.17) is 23.2 Å². The van der Waals surface area contributed by atoms with E-state index in [-0.39, 0.29) is 12.1 Å². The van der Waals surface area contributed by atoms with Crippen LogP contribution in [-0.4, -0.2) is 14.8 Å². The summed E-state index contributed by atoms with van der Waals surface area (Å²) < 4.78 is 1.95. The summed E-state index contributed by atoms with van der Waals surface area (Å²) in [7, 11) is 0. The van der Waals surface area contributed by atoms with E-state index in [0.717, 1.165) is 17.9 Å². The van der Waals surface area contributed by atoms with E-state index < -0.39 is 0 Å². The standard InChI is InChI=1S/C18H16Cl2N4/c1-11-3-2-4-13(7-11)17-9-16(23-18-21-10-22-24(17)18)12-5-6-14(19)15(20)8-12/h2-8,10,16-17H,9H2,1H3,(H,21,22,23)/t16-,17-/m0/s1. The third kappa shape index (κ3) is 2.76. The number of aryl methyl sites for hydroxylation is 1. The number of anilines is 1. The SMILES string of the molecule is Cc1cccc([C@@H]2C[C@@H](c3ccc(Cl)c(Cl)c3)Nc3ncnn32)c1. The Morgan fingerprint density at radius 1 is 1.08 bits per heavy atom. The van der Waals surface area contributed by atoms with Crippen LogP contribution in [0.25, 0.3) is 0 Å². The molecule has 0 saturated carbocycles. The van der Waals surface area contributed by atoms with Gasteiger partial charge < -0.3 is 5.32 Å². The van der Waals surface area contributed by atoms with Gasteiger partial charge in [-0.05, 0) is 36.6 Å². The molecule has 3 aromatic rings. The van der Waals surface area contributed by atoms with Gasteiger partial charge in [0.2, 0.25) is 5.95 Å². The second-order valence-corrected chi connectivity index (χ2v) is 6.88. The molecule has 4 rings (SSSR count). The molecule has 0 spiro atoms. The summed E-state index contributed by atoms with van der Waals surface area (Å²) in [6.45, 7) is 2.10. The van der Waals surface area contributed by atoms with Crippen LogP contribution in [0.1, 0.15) is 35.2 Å². The summed E-state index contributed by atoms with van der Waals surface area (Å²) in [4.78, 5) is 4.35. The van der Waals surface area contributed by atoms with Crippen LogP contribution in [-0.2, 0) is 0 Å². The van der Waals surface area contributed by atoms with Crippen LogP contribution >= 0.6 is 23.2 Å². The molecule has 0 fully saturated rings. The molecule has 0 saturated heterocycles. The molecule has 2 aromatic carbocycles. The van der Waals surface area contributed by atoms with Crippen molar-refractivity contribution in [3.63, 3.8) is 0 Å². The van der Waals surface area contributed by atoms with E-state index in [2.05, 4.69) is 46.6 Å². The summed E-state index contributed by atoms with van der Waals surface area (Å²) >= 11 is 12.2. The van der Waals surface area contributed by atoms with Crippen LogP contribution in [0, 0.1) is 6.92 Å². The highest BCUT2D eigenvalue weighted by molar-refractivity contribution is 6.42. The summed E-state index contributed by atoms with van der Waals surface area (Å²) in [5, 5.41) is 8.97. The normalized spacial score (nSPS) is 19.6. The molecule has 0 aliphatic carbocycles. The predicted octanol–water partition coefficient (Wildman–Crippen LogP) is 5.04. The summed E-state index contributed by atoms with van der Waals surface area (Å²) in [5.41, 5.74) is 3.56. The highest BCUT2D eigenvalue weighted by atomic mass is 35.5. The van der Waals surface area contributed by atoms with Gasteiger partial charge in [-0.2, -0.15) is 10.1 Å². The van der Waals surface area contributed by atoms with Crippen LogP contribution in [0.3, 0.4) is 0 Å². The number of hydrogen-bond donors (Lipinski definition) is 1. The van der Waals surface area contributed by atoms with Crippen molar-refractivity contribution in [3.05, 3.63) is 75.5 Å². The molecule has 2 heterocycles. The number of rotatable bonds is 2. The van der Waals surface area contributed by atoms with Crippen molar-refractivity contribution < 1.29 is 0 Å². The fraction of sp³-hybridized carbons (Fsp3) is 0.222. The lowest BCUT2D eigenvalue weighted by Crippen LogP contribution is -2.28. The van der Waals surface area contributed by atoms with Crippen LogP contribution < -0.4 is 5.32 Å². The molecular weight excluding hydrogens is 343 g/mol. The third-order valence-corrected chi connectivity index (χ3v) is 5.14. The molecule has 1 N–H and O–H groups in total. The molecule has 1 aliphatic heterocycles. The van der Waals surface area contributed by atoms with Crippen LogP contribution in [0.5, 0.6) is 0 Å². The Labute approximate surface area is 150 Å². The Kier molecular flexibility index (Phi) is 3.94. The molecule has 122 valence electrons. The van der Waals surface area contributed by atoms with Crippen LogP contribution in [0.2, 0.25) is 10.0 Å². The number of nitrogens with zero attached hydrogens (tertiary/aromatic N) is 3. The van der Waals surface area contributed by atoms with Crippen molar-refractivity contribution in [2.24, 2.45) is 0 Å².